The van der Waals surface area contributed by atoms with Crippen LogP contribution in [0.5, 0.6) is 0 Å². The number of hydrogen-bond acceptors (Lipinski definition) is 3. The molecule has 0 aromatic rings. The van der Waals surface area contributed by atoms with E-state index in [4.69, 9.17) is 5.11 Å². The monoisotopic (exact) mass is 178 g/mol. The minimum Gasteiger partial charge on any atom is -0.396 e. The lowest BCUT2D eigenvalue weighted by atomic mass is 9.91. The van der Waals surface area contributed by atoms with Gasteiger partial charge in [0.1, 0.15) is 0 Å². The van der Waals surface area contributed by atoms with Crippen LogP contribution >= 0.6 is 12.6 Å². The highest BCUT2D eigenvalue weighted by molar-refractivity contribution is 7.81. The lowest BCUT2D eigenvalue weighted by Gasteiger charge is -2.31. The number of hydrogen-bond donors (Lipinski definition) is 3. The Balaban J connectivity index is 4.10. The fourth-order valence-electron chi connectivity index (χ4n) is 0.922. The molecule has 0 aromatic heterocycles. The first-order valence-corrected chi connectivity index (χ1v) is 4.41. The third kappa shape index (κ3) is 3.01. The van der Waals surface area contributed by atoms with Crippen LogP contribution in [0.25, 0.3) is 0 Å². The molecule has 2 nitrogen and oxygen atoms in total. The summed E-state index contributed by atoms with van der Waals surface area (Å²) in [4.78, 5) is 0. The van der Waals surface area contributed by atoms with E-state index in [1.807, 2.05) is 20.8 Å². The third-order valence-electron chi connectivity index (χ3n) is 2.18. The highest BCUT2D eigenvalue weighted by Crippen LogP contribution is 2.27. The molecule has 0 amide bonds. The highest BCUT2D eigenvalue weighted by Gasteiger charge is 2.30. The van der Waals surface area contributed by atoms with Gasteiger partial charge in [-0.1, -0.05) is 13.8 Å². The summed E-state index contributed by atoms with van der Waals surface area (Å²) in [5.41, 5.74) is 0. The lowest BCUT2D eigenvalue weighted by Crippen LogP contribution is -2.39. The Kier molecular flexibility index (Phi) is 4.44. The quantitative estimate of drug-likeness (QED) is 0.564. The molecule has 0 unspecified atom stereocenters. The van der Waals surface area contributed by atoms with E-state index in [1.54, 1.807) is 0 Å². The van der Waals surface area contributed by atoms with E-state index in [0.29, 0.717) is 0 Å². The normalized spacial score (nSPS) is 22.4. The molecule has 2 N–H and O–H groups in total. The summed E-state index contributed by atoms with van der Waals surface area (Å²) < 4.78 is -0.387. The fraction of sp³-hybridized carbons (Fsp3) is 1.00. The average molecular weight is 178 g/mol. The predicted molar refractivity (Wildman–Crippen MR) is 49.9 cm³/mol. The van der Waals surface area contributed by atoms with E-state index < -0.39 is 6.10 Å². The van der Waals surface area contributed by atoms with Crippen LogP contribution in [0.3, 0.4) is 0 Å². The van der Waals surface area contributed by atoms with Gasteiger partial charge in [-0.05, 0) is 13.3 Å². The van der Waals surface area contributed by atoms with Crippen molar-refractivity contribution in [2.24, 2.45) is 5.92 Å². The summed E-state index contributed by atoms with van der Waals surface area (Å²) in [5, 5.41) is 18.4. The van der Waals surface area contributed by atoms with Crippen LogP contribution in [-0.2, 0) is 0 Å². The van der Waals surface area contributed by atoms with Crippen molar-refractivity contribution < 1.29 is 10.2 Å². The standard InChI is InChI=1S/C8H18O2S/c1-4-8(3,11)7(10)6(2)5-9/h6-7,9-11H,4-5H2,1-3H3/t6-,7-,8+/m1/s1. The molecule has 0 rings (SSSR count). The maximum Gasteiger partial charge on any atom is 0.0728 e. The smallest absolute Gasteiger partial charge is 0.0728 e. The van der Waals surface area contributed by atoms with Crippen LogP contribution in [-0.4, -0.2) is 27.7 Å². The number of rotatable bonds is 4. The zero-order valence-corrected chi connectivity index (χ0v) is 8.30. The summed E-state index contributed by atoms with van der Waals surface area (Å²) in [5.74, 6) is -0.0996. The lowest BCUT2D eigenvalue weighted by molar-refractivity contribution is 0.0497. The number of aliphatic hydroxyl groups is 2. The van der Waals surface area contributed by atoms with E-state index in [9.17, 15) is 5.11 Å². The molecule has 0 saturated carbocycles. The van der Waals surface area contributed by atoms with Crippen molar-refractivity contribution in [2.75, 3.05) is 6.61 Å². The topological polar surface area (TPSA) is 40.5 Å². The molecule has 0 aliphatic heterocycles. The van der Waals surface area contributed by atoms with Gasteiger partial charge in [-0.3, -0.25) is 0 Å². The van der Waals surface area contributed by atoms with E-state index in [2.05, 4.69) is 12.6 Å². The first-order chi connectivity index (χ1) is 4.95. The van der Waals surface area contributed by atoms with Gasteiger partial charge in [-0.15, -0.1) is 0 Å². The molecule has 0 saturated heterocycles. The molecule has 3 atom stereocenters. The van der Waals surface area contributed by atoms with Crippen LogP contribution in [0.15, 0.2) is 0 Å². The second-order valence-electron chi connectivity index (χ2n) is 3.32. The molecule has 0 aromatic carbocycles. The van der Waals surface area contributed by atoms with E-state index in [1.165, 1.54) is 0 Å². The minimum atomic E-state index is -0.541. The van der Waals surface area contributed by atoms with Gasteiger partial charge >= 0.3 is 0 Å². The molecule has 0 aliphatic rings. The minimum absolute atomic E-state index is 0.0112. The van der Waals surface area contributed by atoms with Gasteiger partial charge in [0.25, 0.3) is 0 Å². The SMILES string of the molecule is CC[C@](C)(S)[C@H](O)[C@H](C)CO. The number of aliphatic hydroxyl groups excluding tert-OH is 2. The Hall–Kier alpha value is 0.270. The fourth-order valence-corrected chi connectivity index (χ4v) is 1.18. The average Bonchev–Trinajstić information content (AvgIpc) is 2.01. The van der Waals surface area contributed by atoms with Gasteiger partial charge in [-0.25, -0.2) is 0 Å². The molecular formula is C8H18O2S. The first kappa shape index (κ1) is 11.3. The summed E-state index contributed by atoms with van der Waals surface area (Å²) in [7, 11) is 0. The Labute approximate surface area is 74.0 Å². The zero-order valence-electron chi connectivity index (χ0n) is 7.41. The van der Waals surface area contributed by atoms with Crippen LogP contribution in [0, 0.1) is 5.92 Å². The van der Waals surface area contributed by atoms with E-state index >= 15 is 0 Å². The molecule has 0 aliphatic carbocycles. The Morgan fingerprint density at radius 2 is 2.00 bits per heavy atom. The molecule has 0 spiro atoms. The molecule has 0 radical (unpaired) electrons. The van der Waals surface area contributed by atoms with Gasteiger partial charge in [0.15, 0.2) is 0 Å². The highest BCUT2D eigenvalue weighted by atomic mass is 32.1. The molecule has 0 bridgehead atoms. The van der Waals surface area contributed by atoms with Crippen molar-refractivity contribution in [1.29, 1.82) is 0 Å². The van der Waals surface area contributed by atoms with Gasteiger partial charge < -0.3 is 10.2 Å². The van der Waals surface area contributed by atoms with Crippen LogP contribution < -0.4 is 0 Å². The van der Waals surface area contributed by atoms with E-state index in [0.717, 1.165) is 6.42 Å². The van der Waals surface area contributed by atoms with Crippen molar-refractivity contribution in [2.45, 2.75) is 38.0 Å². The first-order valence-electron chi connectivity index (χ1n) is 3.97. The largest absolute Gasteiger partial charge is 0.396 e. The third-order valence-corrected chi connectivity index (χ3v) is 2.76. The second kappa shape index (κ2) is 4.33. The second-order valence-corrected chi connectivity index (χ2v) is 4.34. The van der Waals surface area contributed by atoms with Crippen LogP contribution in [0.4, 0.5) is 0 Å². The molecule has 0 heterocycles. The molecule has 3 heteroatoms. The summed E-state index contributed by atoms with van der Waals surface area (Å²) in [6, 6.07) is 0. The zero-order chi connectivity index (χ0) is 9.07. The van der Waals surface area contributed by atoms with Crippen LogP contribution in [0.2, 0.25) is 0 Å². The Morgan fingerprint density at radius 3 is 2.27 bits per heavy atom. The predicted octanol–water partition coefficient (Wildman–Crippen LogP) is 1.07. The van der Waals surface area contributed by atoms with Crippen molar-refractivity contribution >= 4 is 12.6 Å². The maximum absolute atomic E-state index is 9.61. The Bertz CT molecular complexity index is 115. The van der Waals surface area contributed by atoms with Gasteiger partial charge in [0.05, 0.1) is 6.10 Å². The number of thiol groups is 1. The molecule has 68 valence electrons. The summed E-state index contributed by atoms with van der Waals surface area (Å²) in [6.07, 6.45) is 0.252. The summed E-state index contributed by atoms with van der Waals surface area (Å²) >= 11 is 4.31. The van der Waals surface area contributed by atoms with Crippen LogP contribution in [0.1, 0.15) is 27.2 Å². The van der Waals surface area contributed by atoms with Crippen molar-refractivity contribution in [3.63, 3.8) is 0 Å². The molecule has 0 fully saturated rings. The van der Waals surface area contributed by atoms with E-state index in [-0.39, 0.29) is 17.3 Å². The van der Waals surface area contributed by atoms with Crippen molar-refractivity contribution in [1.82, 2.24) is 0 Å². The maximum atomic E-state index is 9.61. The molecule has 11 heavy (non-hydrogen) atoms. The van der Waals surface area contributed by atoms with Gasteiger partial charge in [0, 0.05) is 17.3 Å². The van der Waals surface area contributed by atoms with Gasteiger partial charge in [-0.2, -0.15) is 12.6 Å². The Morgan fingerprint density at radius 1 is 1.55 bits per heavy atom. The summed E-state index contributed by atoms with van der Waals surface area (Å²) in [6.45, 7) is 5.68. The van der Waals surface area contributed by atoms with Crippen molar-refractivity contribution in [3.8, 4) is 0 Å². The molecular weight excluding hydrogens is 160 g/mol. The van der Waals surface area contributed by atoms with Crippen molar-refractivity contribution in [3.05, 3.63) is 0 Å². The van der Waals surface area contributed by atoms with Gasteiger partial charge in [0.2, 0.25) is 0 Å².